The van der Waals surface area contributed by atoms with Crippen LogP contribution in [0.25, 0.3) is 0 Å². The van der Waals surface area contributed by atoms with E-state index in [4.69, 9.17) is 9.47 Å². The van der Waals surface area contributed by atoms with E-state index in [0.717, 1.165) is 11.5 Å². The first-order valence-electron chi connectivity index (χ1n) is 7.99. The molecule has 0 saturated carbocycles. The molecule has 0 aliphatic carbocycles. The second-order valence-electron chi connectivity index (χ2n) is 6.43. The Bertz CT molecular complexity index is 455. The van der Waals surface area contributed by atoms with Crippen LogP contribution in [0.2, 0.25) is 0 Å². The molecule has 0 rings (SSSR count). The number of thioether (sulfide) groups is 3. The van der Waals surface area contributed by atoms with Gasteiger partial charge < -0.3 is 9.47 Å². The van der Waals surface area contributed by atoms with Crippen LogP contribution in [-0.2, 0) is 19.1 Å². The largest absolute Gasteiger partial charge is 0.461 e. The Morgan fingerprint density at radius 3 is 1.40 bits per heavy atom. The van der Waals surface area contributed by atoms with E-state index in [1.54, 1.807) is 37.4 Å². The van der Waals surface area contributed by atoms with Gasteiger partial charge in [-0.05, 0) is 41.5 Å². The highest BCUT2D eigenvalue weighted by atomic mass is 32.2. The summed E-state index contributed by atoms with van der Waals surface area (Å²) in [4.78, 5) is 22.7. The average molecular weight is 407 g/mol. The lowest BCUT2D eigenvalue weighted by molar-refractivity contribution is -0.139. The van der Waals surface area contributed by atoms with Gasteiger partial charge in [0.2, 0.25) is 0 Å². The molecule has 0 N–H and O–H groups in total. The summed E-state index contributed by atoms with van der Waals surface area (Å²) in [6.07, 6.45) is 0. The minimum absolute atomic E-state index is 0.0273. The zero-order valence-corrected chi connectivity index (χ0v) is 18.5. The first-order chi connectivity index (χ1) is 11.4. The third kappa shape index (κ3) is 12.5. The van der Waals surface area contributed by atoms with Crippen molar-refractivity contribution in [3.8, 4) is 0 Å². The maximum Gasteiger partial charge on any atom is 0.333 e. The highest BCUT2D eigenvalue weighted by molar-refractivity contribution is 8.25. The van der Waals surface area contributed by atoms with E-state index in [-0.39, 0.29) is 20.1 Å². The standard InChI is InChI=1S/C18H30O4S3/c1-13(2)15(19)21-9-11-23-17(5,6)25-18(7,8)24-12-10-22-16(20)14(3)4/h1,3,9-12H2,2,4-8H3. The van der Waals surface area contributed by atoms with Crippen LogP contribution in [0.5, 0.6) is 0 Å². The molecule has 0 aromatic rings. The fourth-order valence-corrected chi connectivity index (χ4v) is 6.62. The predicted molar refractivity (Wildman–Crippen MR) is 112 cm³/mol. The van der Waals surface area contributed by atoms with Gasteiger partial charge in [-0.2, -0.15) is 0 Å². The molecule has 0 aliphatic rings. The van der Waals surface area contributed by atoms with Crippen LogP contribution >= 0.6 is 35.3 Å². The monoisotopic (exact) mass is 406 g/mol. The van der Waals surface area contributed by atoms with E-state index < -0.39 is 0 Å². The molecule has 0 aromatic heterocycles. The number of ether oxygens (including phenoxy) is 2. The molecule has 7 heteroatoms. The second kappa shape index (κ2) is 11.2. The van der Waals surface area contributed by atoms with Gasteiger partial charge in [0.25, 0.3) is 0 Å². The predicted octanol–water partition coefficient (Wildman–Crippen LogP) is 4.90. The van der Waals surface area contributed by atoms with Crippen LogP contribution in [0.15, 0.2) is 24.3 Å². The molecule has 0 heterocycles. The molecule has 0 radical (unpaired) electrons. The van der Waals surface area contributed by atoms with Crippen LogP contribution in [0.3, 0.4) is 0 Å². The van der Waals surface area contributed by atoms with E-state index >= 15 is 0 Å². The van der Waals surface area contributed by atoms with Crippen molar-refractivity contribution < 1.29 is 19.1 Å². The summed E-state index contributed by atoms with van der Waals surface area (Å²) < 4.78 is 10.2. The summed E-state index contributed by atoms with van der Waals surface area (Å²) in [6.45, 7) is 19.8. The molecule has 0 bridgehead atoms. The van der Waals surface area contributed by atoms with Gasteiger partial charge in [0, 0.05) is 22.7 Å². The number of carbonyl (C=O) groups is 2. The number of hydrogen-bond donors (Lipinski definition) is 0. The Labute approximate surface area is 164 Å². The molecule has 0 saturated heterocycles. The Morgan fingerprint density at radius 1 is 0.800 bits per heavy atom. The van der Waals surface area contributed by atoms with Crippen LogP contribution in [0, 0.1) is 0 Å². The number of esters is 2. The van der Waals surface area contributed by atoms with Crippen molar-refractivity contribution in [2.24, 2.45) is 0 Å². The molecular weight excluding hydrogens is 376 g/mol. The number of carbonyl (C=O) groups excluding carboxylic acids is 2. The molecule has 0 spiro atoms. The third-order valence-electron chi connectivity index (χ3n) is 2.72. The number of hydrogen-bond acceptors (Lipinski definition) is 7. The molecular formula is C18H30O4S3. The van der Waals surface area contributed by atoms with Crippen LogP contribution in [0.1, 0.15) is 41.5 Å². The van der Waals surface area contributed by atoms with Gasteiger partial charge >= 0.3 is 11.9 Å². The van der Waals surface area contributed by atoms with Gasteiger partial charge in [-0.1, -0.05) is 13.2 Å². The van der Waals surface area contributed by atoms with Gasteiger partial charge in [-0.3, -0.25) is 0 Å². The lowest BCUT2D eigenvalue weighted by Crippen LogP contribution is -2.23. The fourth-order valence-electron chi connectivity index (χ4n) is 1.74. The molecule has 0 atom stereocenters. The summed E-state index contributed by atoms with van der Waals surface area (Å²) in [6, 6.07) is 0. The van der Waals surface area contributed by atoms with Crippen molar-refractivity contribution in [2.75, 3.05) is 24.7 Å². The minimum atomic E-state index is -0.341. The normalized spacial score (nSPS) is 11.8. The van der Waals surface area contributed by atoms with Crippen LogP contribution in [-0.4, -0.2) is 44.8 Å². The molecule has 25 heavy (non-hydrogen) atoms. The molecule has 0 amide bonds. The summed E-state index contributed by atoms with van der Waals surface area (Å²) >= 11 is 5.35. The van der Waals surface area contributed by atoms with Crippen LogP contribution in [0.4, 0.5) is 0 Å². The van der Waals surface area contributed by atoms with Crippen molar-refractivity contribution in [3.05, 3.63) is 24.3 Å². The van der Waals surface area contributed by atoms with Crippen molar-refractivity contribution in [2.45, 2.75) is 49.7 Å². The summed E-state index contributed by atoms with van der Waals surface area (Å²) in [5.41, 5.74) is 0.840. The lowest BCUT2D eigenvalue weighted by Gasteiger charge is -2.33. The van der Waals surface area contributed by atoms with Gasteiger partial charge in [0.05, 0.1) is 8.16 Å². The lowest BCUT2D eigenvalue weighted by atomic mass is 10.4. The molecule has 0 aliphatic heterocycles. The summed E-state index contributed by atoms with van der Waals surface area (Å²) in [5.74, 6) is 0.781. The van der Waals surface area contributed by atoms with E-state index in [9.17, 15) is 9.59 Å². The van der Waals surface area contributed by atoms with Crippen molar-refractivity contribution in [3.63, 3.8) is 0 Å². The highest BCUT2D eigenvalue weighted by Gasteiger charge is 2.30. The average Bonchev–Trinajstić information content (AvgIpc) is 2.46. The first-order valence-corrected chi connectivity index (χ1v) is 10.8. The molecule has 0 aromatic carbocycles. The van der Waals surface area contributed by atoms with Gasteiger partial charge in [-0.25, -0.2) is 9.59 Å². The molecule has 0 unspecified atom stereocenters. The SMILES string of the molecule is C=C(C)C(=O)OCCSC(C)(C)SC(C)(C)SCCOC(=O)C(=C)C. The van der Waals surface area contributed by atoms with Crippen LogP contribution < -0.4 is 0 Å². The third-order valence-corrected chi connectivity index (χ3v) is 7.04. The Morgan fingerprint density at radius 2 is 1.12 bits per heavy atom. The van der Waals surface area contributed by atoms with Gasteiger partial charge in [-0.15, -0.1) is 35.3 Å². The summed E-state index contributed by atoms with van der Waals surface area (Å²) in [7, 11) is 0. The van der Waals surface area contributed by atoms with Gasteiger partial charge in [0.15, 0.2) is 0 Å². The van der Waals surface area contributed by atoms with Gasteiger partial charge in [0.1, 0.15) is 13.2 Å². The topological polar surface area (TPSA) is 52.6 Å². The summed E-state index contributed by atoms with van der Waals surface area (Å²) in [5, 5.41) is 0. The maximum atomic E-state index is 11.4. The Hall–Kier alpha value is -0.530. The minimum Gasteiger partial charge on any atom is -0.461 e. The quantitative estimate of drug-likeness (QED) is 0.198. The van der Waals surface area contributed by atoms with E-state index in [1.165, 1.54) is 0 Å². The zero-order chi connectivity index (χ0) is 19.7. The van der Waals surface area contributed by atoms with E-state index in [2.05, 4.69) is 40.9 Å². The van der Waals surface area contributed by atoms with E-state index in [1.807, 2.05) is 11.8 Å². The zero-order valence-electron chi connectivity index (χ0n) is 16.1. The molecule has 0 fully saturated rings. The maximum absolute atomic E-state index is 11.4. The van der Waals surface area contributed by atoms with E-state index in [0.29, 0.717) is 24.4 Å². The smallest absolute Gasteiger partial charge is 0.333 e. The number of rotatable bonds is 12. The fraction of sp³-hybridized carbons (Fsp3) is 0.667. The van der Waals surface area contributed by atoms with Crippen molar-refractivity contribution in [1.29, 1.82) is 0 Å². The Kier molecular flexibility index (Phi) is 11.0. The first kappa shape index (κ1) is 24.5. The van der Waals surface area contributed by atoms with Crippen molar-refractivity contribution >= 4 is 47.2 Å². The second-order valence-corrected chi connectivity index (χ2v) is 12.6. The van der Waals surface area contributed by atoms with Crippen molar-refractivity contribution in [1.82, 2.24) is 0 Å². The Balaban J connectivity index is 4.14. The molecule has 144 valence electrons. The highest BCUT2D eigenvalue weighted by Crippen LogP contribution is 2.48. The molecule has 4 nitrogen and oxygen atoms in total.